The number of nitrogens with two attached hydrogens (primary N) is 1. The first-order chi connectivity index (χ1) is 9.84. The maximum atomic E-state index is 12.3. The van der Waals surface area contributed by atoms with Gasteiger partial charge in [0.05, 0.1) is 17.2 Å². The minimum absolute atomic E-state index is 0.0537. The predicted molar refractivity (Wildman–Crippen MR) is 81.9 cm³/mol. The summed E-state index contributed by atoms with van der Waals surface area (Å²) in [7, 11) is 0. The largest absolute Gasteiger partial charge is 0.479 e. The molecule has 1 amide bonds. The van der Waals surface area contributed by atoms with Crippen LogP contribution < -0.4 is 15.4 Å². The van der Waals surface area contributed by atoms with Crippen LogP contribution in [-0.4, -0.2) is 18.6 Å². The van der Waals surface area contributed by atoms with Gasteiger partial charge in [0.2, 0.25) is 0 Å². The van der Waals surface area contributed by atoms with E-state index in [2.05, 4.69) is 6.07 Å². The second kappa shape index (κ2) is 5.65. The van der Waals surface area contributed by atoms with Crippen molar-refractivity contribution in [2.24, 2.45) is 5.41 Å². The van der Waals surface area contributed by atoms with Crippen molar-refractivity contribution in [3.8, 4) is 11.8 Å². The summed E-state index contributed by atoms with van der Waals surface area (Å²) in [6.45, 7) is 6.13. The van der Waals surface area contributed by atoms with Crippen molar-refractivity contribution in [2.45, 2.75) is 39.7 Å². The second-order valence-corrected chi connectivity index (χ2v) is 6.08. The summed E-state index contributed by atoms with van der Waals surface area (Å²) >= 11 is 0. The van der Waals surface area contributed by atoms with Gasteiger partial charge >= 0.3 is 0 Å². The Bertz CT molecular complexity index is 590. The number of carbonyl (C=O) groups is 1. The molecule has 0 bridgehead atoms. The van der Waals surface area contributed by atoms with Gasteiger partial charge in [0.1, 0.15) is 5.75 Å². The van der Waals surface area contributed by atoms with E-state index in [0.29, 0.717) is 18.0 Å². The second-order valence-electron chi connectivity index (χ2n) is 6.08. The van der Waals surface area contributed by atoms with Gasteiger partial charge in [0.15, 0.2) is 6.10 Å². The van der Waals surface area contributed by atoms with Crippen LogP contribution in [0.3, 0.4) is 0 Å². The van der Waals surface area contributed by atoms with Gasteiger partial charge in [-0.15, -0.1) is 0 Å². The Hall–Kier alpha value is -2.22. The summed E-state index contributed by atoms with van der Waals surface area (Å²) in [6, 6.07) is 7.59. The van der Waals surface area contributed by atoms with Crippen LogP contribution in [0.1, 0.15) is 33.6 Å². The van der Waals surface area contributed by atoms with E-state index in [1.807, 2.05) is 19.9 Å². The van der Waals surface area contributed by atoms with Crippen molar-refractivity contribution >= 4 is 17.3 Å². The molecule has 0 saturated heterocycles. The molecular weight excluding hydrogens is 266 g/mol. The van der Waals surface area contributed by atoms with E-state index in [9.17, 15) is 4.79 Å². The third-order valence-electron chi connectivity index (χ3n) is 3.68. The van der Waals surface area contributed by atoms with E-state index >= 15 is 0 Å². The fraction of sp³-hybridized carbons (Fsp3) is 0.500. The Kier molecular flexibility index (Phi) is 4.08. The van der Waals surface area contributed by atoms with Crippen LogP contribution in [0, 0.1) is 16.7 Å². The molecule has 1 aliphatic rings. The molecule has 5 nitrogen and oxygen atoms in total. The number of hydrogen-bond donors (Lipinski definition) is 1. The number of amides is 1. The summed E-state index contributed by atoms with van der Waals surface area (Å²) in [5, 5.41) is 9.05. The topological polar surface area (TPSA) is 79.3 Å². The van der Waals surface area contributed by atoms with Crippen LogP contribution in [0.2, 0.25) is 0 Å². The highest BCUT2D eigenvalue weighted by Gasteiger charge is 2.31. The van der Waals surface area contributed by atoms with E-state index in [1.165, 1.54) is 0 Å². The molecule has 1 aromatic carbocycles. The van der Waals surface area contributed by atoms with Crippen molar-refractivity contribution in [1.82, 2.24) is 0 Å². The van der Waals surface area contributed by atoms with E-state index in [1.54, 1.807) is 24.0 Å². The van der Waals surface area contributed by atoms with Crippen molar-refractivity contribution in [2.75, 3.05) is 17.2 Å². The molecule has 21 heavy (non-hydrogen) atoms. The Morgan fingerprint density at radius 1 is 1.48 bits per heavy atom. The maximum absolute atomic E-state index is 12.3. The molecule has 2 N–H and O–H groups in total. The van der Waals surface area contributed by atoms with Crippen LogP contribution in [0.4, 0.5) is 11.4 Å². The number of rotatable bonds is 4. The zero-order valence-corrected chi connectivity index (χ0v) is 12.7. The minimum atomic E-state index is -0.511. The van der Waals surface area contributed by atoms with Crippen LogP contribution in [-0.2, 0) is 4.79 Å². The number of nitrogen functional groups attached to an aromatic ring is 1. The molecule has 2 rings (SSSR count). The highest BCUT2D eigenvalue weighted by Crippen LogP contribution is 2.36. The Balaban J connectivity index is 2.15. The van der Waals surface area contributed by atoms with Gasteiger partial charge in [-0.1, -0.05) is 0 Å². The number of fused-ring (bicyclic) bond motifs is 1. The number of hydrogen-bond acceptors (Lipinski definition) is 4. The monoisotopic (exact) mass is 287 g/mol. The van der Waals surface area contributed by atoms with Gasteiger partial charge < -0.3 is 15.4 Å². The molecule has 1 heterocycles. The van der Waals surface area contributed by atoms with Gasteiger partial charge in [-0.3, -0.25) is 4.79 Å². The van der Waals surface area contributed by atoms with E-state index < -0.39 is 6.10 Å². The standard InChI is InChI=1S/C16H21N3O2/c1-11-15(20)19(8-4-7-16(2,3)10-17)13-6-5-12(18)9-14(13)21-11/h5-6,9,11H,4,7-8,18H2,1-3H3. The molecule has 0 aromatic heterocycles. The number of nitrogens with zero attached hydrogens (tertiary/aromatic N) is 2. The molecule has 1 aliphatic heterocycles. The van der Waals surface area contributed by atoms with E-state index in [0.717, 1.165) is 18.5 Å². The van der Waals surface area contributed by atoms with Crippen LogP contribution in [0.15, 0.2) is 18.2 Å². The zero-order chi connectivity index (χ0) is 15.6. The molecule has 1 aromatic rings. The summed E-state index contributed by atoms with van der Waals surface area (Å²) in [5.74, 6) is 0.587. The van der Waals surface area contributed by atoms with Crippen molar-refractivity contribution in [3.63, 3.8) is 0 Å². The normalized spacial score (nSPS) is 17.9. The molecule has 1 atom stereocenters. The molecule has 0 aliphatic carbocycles. The van der Waals surface area contributed by atoms with Crippen molar-refractivity contribution in [3.05, 3.63) is 18.2 Å². The number of carbonyl (C=O) groups excluding carboxylic acids is 1. The number of ether oxygens (including phenoxy) is 1. The molecule has 0 saturated carbocycles. The van der Waals surface area contributed by atoms with E-state index in [4.69, 9.17) is 15.7 Å². The number of benzene rings is 1. The van der Waals surface area contributed by atoms with Crippen molar-refractivity contribution in [1.29, 1.82) is 5.26 Å². The minimum Gasteiger partial charge on any atom is -0.479 e. The third kappa shape index (κ3) is 3.27. The van der Waals surface area contributed by atoms with Crippen LogP contribution in [0.5, 0.6) is 5.75 Å². The number of nitriles is 1. The van der Waals surface area contributed by atoms with Gasteiger partial charge in [-0.05, 0) is 45.7 Å². The highest BCUT2D eigenvalue weighted by molar-refractivity contribution is 6.00. The van der Waals surface area contributed by atoms with E-state index in [-0.39, 0.29) is 11.3 Å². The summed E-state index contributed by atoms with van der Waals surface area (Å²) < 4.78 is 5.60. The summed E-state index contributed by atoms with van der Waals surface area (Å²) in [6.07, 6.45) is 0.999. The van der Waals surface area contributed by atoms with Crippen LogP contribution in [0.25, 0.3) is 0 Å². The Morgan fingerprint density at radius 3 is 2.86 bits per heavy atom. The van der Waals surface area contributed by atoms with Gasteiger partial charge in [-0.25, -0.2) is 0 Å². The summed E-state index contributed by atoms with van der Waals surface area (Å²) in [5.41, 5.74) is 6.76. The average Bonchev–Trinajstić information content (AvgIpc) is 2.43. The first kappa shape index (κ1) is 15.2. The molecular formula is C16H21N3O2. The lowest BCUT2D eigenvalue weighted by Gasteiger charge is -2.33. The molecule has 0 spiro atoms. The van der Waals surface area contributed by atoms with Crippen molar-refractivity contribution < 1.29 is 9.53 Å². The van der Waals surface area contributed by atoms with Crippen LogP contribution >= 0.6 is 0 Å². The molecule has 1 unspecified atom stereocenters. The zero-order valence-electron chi connectivity index (χ0n) is 12.7. The SMILES string of the molecule is CC1Oc2cc(N)ccc2N(CCCC(C)(C)C#N)C1=O. The molecule has 0 fully saturated rings. The van der Waals surface area contributed by atoms with Gasteiger partial charge in [0.25, 0.3) is 5.91 Å². The van der Waals surface area contributed by atoms with Gasteiger partial charge in [-0.2, -0.15) is 5.26 Å². The smallest absolute Gasteiger partial charge is 0.267 e. The fourth-order valence-corrected chi connectivity index (χ4v) is 2.39. The summed E-state index contributed by atoms with van der Waals surface area (Å²) in [4.78, 5) is 14.0. The van der Waals surface area contributed by atoms with Gasteiger partial charge in [0, 0.05) is 18.3 Å². The fourth-order valence-electron chi connectivity index (χ4n) is 2.39. The molecule has 0 radical (unpaired) electrons. The first-order valence-electron chi connectivity index (χ1n) is 7.13. The first-order valence-corrected chi connectivity index (χ1v) is 7.13. The third-order valence-corrected chi connectivity index (χ3v) is 3.68. The lowest BCUT2D eigenvalue weighted by Crippen LogP contribution is -2.45. The predicted octanol–water partition coefficient (Wildman–Crippen LogP) is 2.71. The quantitative estimate of drug-likeness (QED) is 0.863. The highest BCUT2D eigenvalue weighted by atomic mass is 16.5. The average molecular weight is 287 g/mol. The Morgan fingerprint density at radius 2 is 2.19 bits per heavy atom. The lowest BCUT2D eigenvalue weighted by atomic mass is 9.89. The number of anilines is 2. The molecule has 112 valence electrons. The Labute approximate surface area is 125 Å². The lowest BCUT2D eigenvalue weighted by molar-refractivity contribution is -0.125. The molecule has 5 heteroatoms. The maximum Gasteiger partial charge on any atom is 0.267 e.